The minimum atomic E-state index is 0. The topological polar surface area (TPSA) is 43.4 Å². The summed E-state index contributed by atoms with van der Waals surface area (Å²) in [4.78, 5) is 4.10. The van der Waals surface area contributed by atoms with E-state index in [1.807, 2.05) is 44.3 Å². The van der Waals surface area contributed by atoms with E-state index in [1.165, 1.54) is 0 Å². The summed E-state index contributed by atoms with van der Waals surface area (Å²) in [6.07, 6.45) is 3.62. The standard InChI is InChI=1S/C17H21ClN2O2.ClH/c1-3-21-16-9-14(8-15(18)17(16)22-4-2)12-20-11-13-6-5-7-19-10-13;/h5-10,20H,3-4,11-12H2,1-2H3;1H. The van der Waals surface area contributed by atoms with Gasteiger partial charge in [-0.15, -0.1) is 12.4 Å². The van der Waals surface area contributed by atoms with Gasteiger partial charge in [-0.05, 0) is 43.2 Å². The van der Waals surface area contributed by atoms with Gasteiger partial charge in [-0.2, -0.15) is 0 Å². The third-order valence-corrected chi connectivity index (χ3v) is 3.32. The van der Waals surface area contributed by atoms with Crippen LogP contribution in [0, 0.1) is 0 Å². The van der Waals surface area contributed by atoms with Crippen LogP contribution >= 0.6 is 24.0 Å². The zero-order valence-electron chi connectivity index (χ0n) is 13.3. The molecular weight excluding hydrogens is 335 g/mol. The summed E-state index contributed by atoms with van der Waals surface area (Å²) in [6.45, 7) is 6.44. The second kappa shape index (κ2) is 10.3. The quantitative estimate of drug-likeness (QED) is 0.767. The van der Waals surface area contributed by atoms with Gasteiger partial charge in [0.1, 0.15) is 0 Å². The van der Waals surface area contributed by atoms with E-state index >= 15 is 0 Å². The lowest BCUT2D eigenvalue weighted by molar-refractivity contribution is 0.287. The number of nitrogens with one attached hydrogen (secondary N) is 1. The maximum absolute atomic E-state index is 6.30. The summed E-state index contributed by atoms with van der Waals surface area (Å²) in [5.74, 6) is 1.30. The van der Waals surface area contributed by atoms with Crippen LogP contribution in [0.2, 0.25) is 5.02 Å². The van der Waals surface area contributed by atoms with Crippen molar-refractivity contribution in [3.63, 3.8) is 0 Å². The highest BCUT2D eigenvalue weighted by Gasteiger charge is 2.12. The van der Waals surface area contributed by atoms with Crippen molar-refractivity contribution in [2.45, 2.75) is 26.9 Å². The molecule has 4 nitrogen and oxygen atoms in total. The Kier molecular flexibility index (Phi) is 8.77. The number of aromatic nitrogens is 1. The molecule has 1 aromatic heterocycles. The molecule has 126 valence electrons. The number of hydrogen-bond donors (Lipinski definition) is 1. The van der Waals surface area contributed by atoms with Gasteiger partial charge in [-0.1, -0.05) is 17.7 Å². The molecule has 0 radical (unpaired) electrons. The Hall–Kier alpha value is -1.49. The van der Waals surface area contributed by atoms with Gasteiger partial charge in [-0.25, -0.2) is 0 Å². The Morgan fingerprint density at radius 3 is 2.48 bits per heavy atom. The summed E-state index contributed by atoms with van der Waals surface area (Å²) < 4.78 is 11.2. The average Bonchev–Trinajstić information content (AvgIpc) is 2.52. The molecule has 23 heavy (non-hydrogen) atoms. The molecule has 0 fully saturated rings. The first-order valence-corrected chi connectivity index (χ1v) is 7.80. The van der Waals surface area contributed by atoms with Crippen molar-refractivity contribution in [3.8, 4) is 11.5 Å². The number of pyridine rings is 1. The molecule has 1 heterocycles. The highest BCUT2D eigenvalue weighted by Crippen LogP contribution is 2.36. The molecule has 0 aliphatic heterocycles. The van der Waals surface area contributed by atoms with Crippen LogP contribution in [0.3, 0.4) is 0 Å². The van der Waals surface area contributed by atoms with Gasteiger partial charge < -0.3 is 14.8 Å². The number of halogens is 2. The number of rotatable bonds is 8. The smallest absolute Gasteiger partial charge is 0.179 e. The van der Waals surface area contributed by atoms with Gasteiger partial charge >= 0.3 is 0 Å². The highest BCUT2D eigenvalue weighted by molar-refractivity contribution is 6.32. The number of benzene rings is 1. The van der Waals surface area contributed by atoms with Crippen molar-refractivity contribution in [2.24, 2.45) is 0 Å². The van der Waals surface area contributed by atoms with Crippen LogP contribution in [0.25, 0.3) is 0 Å². The maximum atomic E-state index is 6.30. The lowest BCUT2D eigenvalue weighted by atomic mass is 10.2. The van der Waals surface area contributed by atoms with Gasteiger partial charge in [0.25, 0.3) is 0 Å². The Labute approximate surface area is 148 Å². The molecule has 0 aliphatic carbocycles. The molecular formula is C17H22Cl2N2O2. The second-order valence-electron chi connectivity index (χ2n) is 4.74. The fraction of sp³-hybridized carbons (Fsp3) is 0.353. The number of ether oxygens (including phenoxy) is 2. The minimum absolute atomic E-state index is 0. The molecule has 1 N–H and O–H groups in total. The van der Waals surface area contributed by atoms with Crippen LogP contribution in [0.1, 0.15) is 25.0 Å². The molecule has 0 atom stereocenters. The molecule has 0 bridgehead atoms. The van der Waals surface area contributed by atoms with Crippen molar-refractivity contribution < 1.29 is 9.47 Å². The summed E-state index contributed by atoms with van der Waals surface area (Å²) >= 11 is 6.30. The van der Waals surface area contributed by atoms with Crippen molar-refractivity contribution in [1.29, 1.82) is 0 Å². The zero-order chi connectivity index (χ0) is 15.8. The summed E-state index contributed by atoms with van der Waals surface area (Å²) in [6, 6.07) is 7.84. The summed E-state index contributed by atoms with van der Waals surface area (Å²) in [5, 5.41) is 3.95. The molecule has 0 amide bonds. The lowest BCUT2D eigenvalue weighted by Crippen LogP contribution is -2.13. The highest BCUT2D eigenvalue weighted by atomic mass is 35.5. The maximum Gasteiger partial charge on any atom is 0.179 e. The first-order chi connectivity index (χ1) is 10.7. The van der Waals surface area contributed by atoms with E-state index < -0.39 is 0 Å². The zero-order valence-corrected chi connectivity index (χ0v) is 14.9. The molecule has 0 aliphatic rings. The average molecular weight is 357 g/mol. The molecule has 0 spiro atoms. The Bertz CT molecular complexity index is 595. The van der Waals surface area contributed by atoms with E-state index in [0.29, 0.717) is 36.3 Å². The van der Waals surface area contributed by atoms with Gasteiger partial charge in [0, 0.05) is 25.5 Å². The van der Waals surface area contributed by atoms with Crippen LogP contribution < -0.4 is 14.8 Å². The van der Waals surface area contributed by atoms with Gasteiger partial charge in [0.15, 0.2) is 11.5 Å². The molecule has 0 saturated carbocycles. The van der Waals surface area contributed by atoms with Gasteiger partial charge in [-0.3, -0.25) is 4.98 Å². The van der Waals surface area contributed by atoms with Crippen LogP contribution in [0.4, 0.5) is 0 Å². The first-order valence-electron chi connectivity index (χ1n) is 7.42. The Morgan fingerprint density at radius 1 is 1.09 bits per heavy atom. The Balaban J connectivity index is 0.00000264. The normalized spacial score (nSPS) is 10.0. The molecule has 6 heteroatoms. The van der Waals surface area contributed by atoms with E-state index in [1.54, 1.807) is 6.20 Å². The first kappa shape index (κ1) is 19.6. The fourth-order valence-electron chi connectivity index (χ4n) is 2.12. The third-order valence-electron chi connectivity index (χ3n) is 3.04. The van der Waals surface area contributed by atoms with Gasteiger partial charge in [0.2, 0.25) is 0 Å². The second-order valence-corrected chi connectivity index (χ2v) is 5.14. The van der Waals surface area contributed by atoms with E-state index in [-0.39, 0.29) is 12.4 Å². The van der Waals surface area contributed by atoms with Crippen molar-refractivity contribution in [3.05, 3.63) is 52.8 Å². The Morgan fingerprint density at radius 2 is 1.83 bits per heavy atom. The SMILES string of the molecule is CCOc1cc(CNCc2cccnc2)cc(Cl)c1OCC.Cl. The van der Waals surface area contributed by atoms with Crippen molar-refractivity contribution in [2.75, 3.05) is 13.2 Å². The van der Waals surface area contributed by atoms with E-state index in [9.17, 15) is 0 Å². The lowest BCUT2D eigenvalue weighted by Gasteiger charge is -2.14. The predicted molar refractivity (Wildman–Crippen MR) is 95.8 cm³/mol. The molecule has 2 rings (SSSR count). The molecule has 1 aromatic carbocycles. The van der Waals surface area contributed by atoms with E-state index in [2.05, 4.69) is 10.3 Å². The monoisotopic (exact) mass is 356 g/mol. The predicted octanol–water partition coefficient (Wildman–Crippen LogP) is 4.24. The summed E-state index contributed by atoms with van der Waals surface area (Å²) in [7, 11) is 0. The third kappa shape index (κ3) is 5.90. The number of hydrogen-bond acceptors (Lipinski definition) is 4. The van der Waals surface area contributed by atoms with Crippen LogP contribution in [-0.2, 0) is 13.1 Å². The van der Waals surface area contributed by atoms with Crippen LogP contribution in [0.15, 0.2) is 36.7 Å². The van der Waals surface area contributed by atoms with Crippen LogP contribution in [0.5, 0.6) is 11.5 Å². The van der Waals surface area contributed by atoms with E-state index in [4.69, 9.17) is 21.1 Å². The molecule has 0 unspecified atom stereocenters. The van der Waals surface area contributed by atoms with Gasteiger partial charge in [0.05, 0.1) is 18.2 Å². The molecule has 0 saturated heterocycles. The fourth-order valence-corrected chi connectivity index (χ4v) is 2.41. The molecule has 2 aromatic rings. The van der Waals surface area contributed by atoms with Crippen LogP contribution in [-0.4, -0.2) is 18.2 Å². The minimum Gasteiger partial charge on any atom is -0.490 e. The van der Waals surface area contributed by atoms with E-state index in [0.717, 1.165) is 17.7 Å². The van der Waals surface area contributed by atoms with Crippen molar-refractivity contribution in [1.82, 2.24) is 10.3 Å². The summed E-state index contributed by atoms with van der Waals surface area (Å²) in [5.41, 5.74) is 2.20. The van der Waals surface area contributed by atoms with Crippen molar-refractivity contribution >= 4 is 24.0 Å². The number of nitrogens with zero attached hydrogens (tertiary/aromatic N) is 1. The largest absolute Gasteiger partial charge is 0.490 e.